The number of nitrogens with one attached hydrogen (secondary N) is 1. The number of carbonyl (C=O) groups is 1. The fourth-order valence-corrected chi connectivity index (χ4v) is 6.16. The Hall–Kier alpha value is -4.55. The Morgan fingerprint density at radius 3 is 2.23 bits per heavy atom. The van der Waals surface area contributed by atoms with Crippen LogP contribution < -0.4 is 28.7 Å². The van der Waals surface area contributed by atoms with Crippen LogP contribution in [0.25, 0.3) is 0 Å². The Labute approximate surface area is 265 Å². The van der Waals surface area contributed by atoms with Crippen molar-refractivity contribution < 1.29 is 32.2 Å². The summed E-state index contributed by atoms with van der Waals surface area (Å²) >= 11 is 3.52. The average molecular weight is 683 g/mol. The molecule has 0 saturated heterocycles. The molecule has 0 heterocycles. The lowest BCUT2D eigenvalue weighted by atomic mass is 10.2. The van der Waals surface area contributed by atoms with Crippen molar-refractivity contribution in [3.05, 3.63) is 106 Å². The molecule has 0 spiro atoms. The molecule has 0 aliphatic rings. The van der Waals surface area contributed by atoms with Crippen LogP contribution in [0.5, 0.6) is 23.0 Å². The van der Waals surface area contributed by atoms with Crippen molar-refractivity contribution in [1.29, 1.82) is 0 Å². The molecule has 0 aromatic heterocycles. The van der Waals surface area contributed by atoms with Crippen molar-refractivity contribution in [1.82, 2.24) is 5.43 Å². The van der Waals surface area contributed by atoms with Gasteiger partial charge in [-0.15, -0.1) is 0 Å². The molecule has 0 atom stereocenters. The lowest BCUT2D eigenvalue weighted by Gasteiger charge is -2.24. The highest BCUT2D eigenvalue weighted by Gasteiger charge is 2.28. The Morgan fingerprint density at radius 2 is 1.57 bits per heavy atom. The number of methoxy groups -OCH3 is 3. The average Bonchev–Trinajstić information content (AvgIpc) is 3.03. The molecule has 12 heteroatoms. The Kier molecular flexibility index (Phi) is 10.9. The second-order valence-corrected chi connectivity index (χ2v) is 12.2. The van der Waals surface area contributed by atoms with Crippen LogP contribution in [0.15, 0.2) is 99.4 Å². The van der Waals surface area contributed by atoms with E-state index in [0.717, 1.165) is 15.4 Å². The molecule has 0 aliphatic carbocycles. The van der Waals surface area contributed by atoms with Gasteiger partial charge < -0.3 is 18.9 Å². The van der Waals surface area contributed by atoms with Crippen molar-refractivity contribution in [2.45, 2.75) is 18.4 Å². The summed E-state index contributed by atoms with van der Waals surface area (Å²) in [6.07, 6.45) is 1.42. The molecule has 230 valence electrons. The third kappa shape index (κ3) is 7.88. The summed E-state index contributed by atoms with van der Waals surface area (Å²) < 4.78 is 51.0. The minimum absolute atomic E-state index is 0.0210. The second kappa shape index (κ2) is 14.8. The van der Waals surface area contributed by atoms with E-state index in [0.29, 0.717) is 39.6 Å². The van der Waals surface area contributed by atoms with Crippen LogP contribution in [0.4, 0.5) is 5.69 Å². The van der Waals surface area contributed by atoms with Gasteiger partial charge >= 0.3 is 0 Å². The Bertz CT molecular complexity index is 1730. The summed E-state index contributed by atoms with van der Waals surface area (Å²) in [4.78, 5) is 13.0. The molecule has 44 heavy (non-hydrogen) atoms. The summed E-state index contributed by atoms with van der Waals surface area (Å²) in [5.41, 5.74) is 5.39. The molecule has 4 aromatic rings. The minimum atomic E-state index is -4.13. The maximum atomic E-state index is 13.6. The van der Waals surface area contributed by atoms with Crippen LogP contribution in [0, 0.1) is 6.92 Å². The predicted molar refractivity (Wildman–Crippen MR) is 172 cm³/mol. The van der Waals surface area contributed by atoms with Crippen molar-refractivity contribution in [3.8, 4) is 23.0 Å². The highest BCUT2D eigenvalue weighted by atomic mass is 79.9. The van der Waals surface area contributed by atoms with Crippen LogP contribution in [0.1, 0.15) is 16.7 Å². The molecular formula is C32H32BrN3O7S. The third-order valence-corrected chi connectivity index (χ3v) is 8.81. The number of hydrogen-bond donors (Lipinski definition) is 1. The normalized spacial score (nSPS) is 11.2. The fourth-order valence-electron chi connectivity index (χ4n) is 4.15. The number of aryl methyl sites for hydroxylation is 1. The van der Waals surface area contributed by atoms with Gasteiger partial charge in [0.05, 0.1) is 42.6 Å². The summed E-state index contributed by atoms with van der Waals surface area (Å²) in [6, 6.07) is 23.9. The van der Waals surface area contributed by atoms with Crippen LogP contribution in [0.2, 0.25) is 0 Å². The second-order valence-electron chi connectivity index (χ2n) is 9.47. The van der Waals surface area contributed by atoms with Crippen LogP contribution in [0.3, 0.4) is 0 Å². The third-order valence-electron chi connectivity index (χ3n) is 6.43. The zero-order valence-corrected chi connectivity index (χ0v) is 27.0. The van der Waals surface area contributed by atoms with Gasteiger partial charge in [0.15, 0.2) is 23.0 Å². The van der Waals surface area contributed by atoms with E-state index in [4.69, 9.17) is 18.9 Å². The molecular weight excluding hydrogens is 650 g/mol. The first-order valence-corrected chi connectivity index (χ1v) is 15.6. The fraction of sp³-hybridized carbons (Fsp3) is 0.188. The summed E-state index contributed by atoms with van der Waals surface area (Å²) in [6.45, 7) is 1.82. The lowest BCUT2D eigenvalue weighted by molar-refractivity contribution is -0.119. The number of sulfonamides is 1. The first-order valence-electron chi connectivity index (χ1n) is 13.3. The van der Waals surface area contributed by atoms with Crippen LogP contribution in [-0.4, -0.2) is 48.4 Å². The number of hydrogen-bond acceptors (Lipinski definition) is 8. The zero-order valence-electron chi connectivity index (χ0n) is 24.6. The standard InChI is InChI=1S/C32H32BrN3O7S/c1-22-10-12-23(13-11-22)21-43-32-27(33)16-24(17-30(32)42-4)19-34-35-31(37)20-36(44(38,39)26-8-6-5-7-9-26)25-14-15-28(40-2)29(18-25)41-3/h5-19H,20-21H2,1-4H3,(H,35,37)/b34-19-. The van der Waals surface area contributed by atoms with E-state index in [2.05, 4.69) is 26.5 Å². The van der Waals surface area contributed by atoms with E-state index < -0.39 is 22.5 Å². The van der Waals surface area contributed by atoms with Gasteiger partial charge in [-0.3, -0.25) is 9.10 Å². The Morgan fingerprint density at radius 1 is 0.886 bits per heavy atom. The van der Waals surface area contributed by atoms with Gasteiger partial charge in [-0.1, -0.05) is 48.0 Å². The number of amides is 1. The summed E-state index contributed by atoms with van der Waals surface area (Å²) in [5.74, 6) is 1.04. The molecule has 4 rings (SSSR count). The summed E-state index contributed by atoms with van der Waals surface area (Å²) in [5, 5.41) is 4.04. The van der Waals surface area contributed by atoms with Crippen molar-refractivity contribution in [3.63, 3.8) is 0 Å². The highest BCUT2D eigenvalue weighted by Crippen LogP contribution is 2.37. The molecule has 0 bridgehead atoms. The SMILES string of the molecule is COc1ccc(N(CC(=O)N/N=C\c2cc(Br)c(OCc3ccc(C)cc3)c(OC)c2)S(=O)(=O)c2ccccc2)cc1OC. The van der Waals surface area contributed by atoms with Crippen molar-refractivity contribution in [2.75, 3.05) is 32.2 Å². The monoisotopic (exact) mass is 681 g/mol. The molecule has 0 radical (unpaired) electrons. The zero-order chi connectivity index (χ0) is 31.7. The molecule has 10 nitrogen and oxygen atoms in total. The van der Waals surface area contributed by atoms with Gasteiger partial charge in [-0.25, -0.2) is 13.8 Å². The lowest BCUT2D eigenvalue weighted by Crippen LogP contribution is -2.39. The molecule has 0 unspecified atom stereocenters. The number of ether oxygens (including phenoxy) is 4. The van der Waals surface area contributed by atoms with E-state index in [1.165, 1.54) is 51.8 Å². The number of hydrazone groups is 1. The molecule has 0 fully saturated rings. The Balaban J connectivity index is 1.51. The first-order chi connectivity index (χ1) is 21.2. The first kappa shape index (κ1) is 32.4. The number of carbonyl (C=O) groups excluding carboxylic acids is 1. The molecule has 1 amide bonds. The molecule has 0 saturated carbocycles. The minimum Gasteiger partial charge on any atom is -0.493 e. The molecule has 0 aliphatic heterocycles. The van der Waals surface area contributed by atoms with Gasteiger partial charge in [0.2, 0.25) is 0 Å². The molecule has 4 aromatic carbocycles. The maximum Gasteiger partial charge on any atom is 0.264 e. The highest BCUT2D eigenvalue weighted by molar-refractivity contribution is 9.10. The maximum absolute atomic E-state index is 13.6. The van der Waals surface area contributed by atoms with E-state index in [9.17, 15) is 13.2 Å². The quantitative estimate of drug-likeness (QED) is 0.142. The van der Waals surface area contributed by atoms with Gasteiger partial charge in [0, 0.05) is 6.07 Å². The van der Waals surface area contributed by atoms with E-state index in [-0.39, 0.29) is 10.6 Å². The van der Waals surface area contributed by atoms with Crippen LogP contribution >= 0.6 is 15.9 Å². The van der Waals surface area contributed by atoms with E-state index in [1.807, 2.05) is 31.2 Å². The number of anilines is 1. The summed E-state index contributed by atoms with van der Waals surface area (Å²) in [7, 11) is 0.310. The number of nitrogens with zero attached hydrogens (tertiary/aromatic N) is 2. The topological polar surface area (TPSA) is 116 Å². The van der Waals surface area contributed by atoms with Gasteiger partial charge in [0.25, 0.3) is 15.9 Å². The predicted octanol–water partition coefficient (Wildman–Crippen LogP) is 5.71. The van der Waals surface area contributed by atoms with Crippen molar-refractivity contribution in [2.24, 2.45) is 5.10 Å². The van der Waals surface area contributed by atoms with E-state index >= 15 is 0 Å². The number of rotatable bonds is 13. The molecule has 1 N–H and O–H groups in total. The van der Waals surface area contributed by atoms with Crippen molar-refractivity contribution >= 4 is 43.8 Å². The number of benzene rings is 4. The van der Waals surface area contributed by atoms with Gasteiger partial charge in [0.1, 0.15) is 13.2 Å². The van der Waals surface area contributed by atoms with E-state index in [1.54, 1.807) is 36.4 Å². The van der Waals surface area contributed by atoms with Crippen LogP contribution in [-0.2, 0) is 21.4 Å². The largest absolute Gasteiger partial charge is 0.493 e. The smallest absolute Gasteiger partial charge is 0.264 e. The van der Waals surface area contributed by atoms with Gasteiger partial charge in [-0.2, -0.15) is 5.10 Å². The number of halogens is 1. The van der Waals surface area contributed by atoms with Gasteiger partial charge in [-0.05, 0) is 70.4 Å².